The predicted octanol–water partition coefficient (Wildman–Crippen LogP) is 4.27. The smallest absolute Gasteiger partial charge is 0.265 e. The normalized spacial score (nSPS) is 13.8. The Morgan fingerprint density at radius 2 is 1.92 bits per heavy atom. The van der Waals surface area contributed by atoms with Crippen LogP contribution in [0.3, 0.4) is 0 Å². The van der Waals surface area contributed by atoms with Crippen LogP contribution in [0.2, 0.25) is 0 Å². The minimum Gasteiger partial charge on any atom is -0.482 e. The number of hydrogen-bond acceptors (Lipinski definition) is 8. The number of pyridine rings is 1. The number of nitrogens with one attached hydrogen (secondary N) is 1. The molecule has 180 valence electrons. The summed E-state index contributed by atoms with van der Waals surface area (Å²) in [7, 11) is 0. The largest absolute Gasteiger partial charge is 0.482 e. The summed E-state index contributed by atoms with van der Waals surface area (Å²) in [6.45, 7) is 1.85. The molecule has 0 saturated carbocycles. The van der Waals surface area contributed by atoms with E-state index in [1.165, 1.54) is 4.90 Å². The highest BCUT2D eigenvalue weighted by molar-refractivity contribution is 7.15. The molecule has 0 atom stereocenters. The van der Waals surface area contributed by atoms with Crippen LogP contribution in [0, 0.1) is 6.92 Å². The molecule has 0 unspecified atom stereocenters. The first-order valence-corrected chi connectivity index (χ1v) is 12.0. The Labute approximate surface area is 210 Å². The van der Waals surface area contributed by atoms with Gasteiger partial charge in [0.15, 0.2) is 18.1 Å². The molecule has 2 aliphatic rings. The molecule has 4 heterocycles. The molecule has 0 bridgehead atoms. The van der Waals surface area contributed by atoms with Gasteiger partial charge < -0.3 is 19.5 Å². The van der Waals surface area contributed by atoms with Crippen LogP contribution in [0.4, 0.5) is 11.4 Å². The van der Waals surface area contributed by atoms with Crippen LogP contribution < -0.4 is 24.4 Å². The Morgan fingerprint density at radius 1 is 1.06 bits per heavy atom. The van der Waals surface area contributed by atoms with E-state index >= 15 is 0 Å². The molecule has 2 amide bonds. The van der Waals surface area contributed by atoms with Gasteiger partial charge in [-0.3, -0.25) is 19.5 Å². The highest BCUT2D eigenvalue weighted by Gasteiger charge is 2.28. The molecule has 0 radical (unpaired) electrons. The van der Waals surface area contributed by atoms with Gasteiger partial charge in [0.2, 0.25) is 12.7 Å². The predicted molar refractivity (Wildman–Crippen MR) is 135 cm³/mol. The summed E-state index contributed by atoms with van der Waals surface area (Å²) >= 11 is 1.55. The van der Waals surface area contributed by atoms with Crippen molar-refractivity contribution in [2.24, 2.45) is 0 Å². The van der Waals surface area contributed by atoms with Gasteiger partial charge in [-0.1, -0.05) is 6.07 Å². The lowest BCUT2D eigenvalue weighted by molar-refractivity contribution is -0.123. The van der Waals surface area contributed by atoms with Crippen molar-refractivity contribution in [1.82, 2.24) is 9.97 Å². The van der Waals surface area contributed by atoms with E-state index in [4.69, 9.17) is 19.2 Å². The van der Waals surface area contributed by atoms with E-state index in [1.807, 2.05) is 37.3 Å². The monoisotopic (exact) mass is 500 g/mol. The average Bonchev–Trinajstić information content (AvgIpc) is 3.52. The van der Waals surface area contributed by atoms with Crippen molar-refractivity contribution in [1.29, 1.82) is 0 Å². The first-order chi connectivity index (χ1) is 17.5. The summed E-state index contributed by atoms with van der Waals surface area (Å²) in [6, 6.07) is 16.4. The quantitative estimate of drug-likeness (QED) is 0.436. The molecule has 1 N–H and O–H groups in total. The van der Waals surface area contributed by atoms with E-state index < -0.39 is 0 Å². The summed E-state index contributed by atoms with van der Waals surface area (Å²) in [5.74, 6) is 1.08. The van der Waals surface area contributed by atoms with E-state index in [-0.39, 0.29) is 31.8 Å². The molecule has 6 rings (SSSR count). The maximum atomic E-state index is 12.9. The van der Waals surface area contributed by atoms with Crippen molar-refractivity contribution in [3.63, 3.8) is 0 Å². The maximum Gasteiger partial charge on any atom is 0.265 e. The fourth-order valence-corrected chi connectivity index (χ4v) is 5.02. The third kappa shape index (κ3) is 4.11. The molecule has 2 aromatic heterocycles. The molecule has 2 aromatic carbocycles. The Morgan fingerprint density at radius 3 is 2.78 bits per heavy atom. The topological polar surface area (TPSA) is 103 Å². The number of hydrogen-bond donors (Lipinski definition) is 1. The Kier molecular flexibility index (Phi) is 5.49. The third-order valence-electron chi connectivity index (χ3n) is 5.81. The number of fused-ring (bicyclic) bond motifs is 2. The number of carbonyl (C=O) groups excluding carboxylic acids is 2. The first kappa shape index (κ1) is 22.1. The fraction of sp³-hybridized carbons (Fsp3) is 0.154. The molecule has 0 spiro atoms. The van der Waals surface area contributed by atoms with Crippen molar-refractivity contribution < 1.29 is 23.8 Å². The summed E-state index contributed by atoms with van der Waals surface area (Å²) < 4.78 is 16.3. The SMILES string of the molecule is Cc1sc(-c2ccccn2)nc1-c1ccc2c(c1)N(CC(=O)Nc1ccc3c(c1)OCO3)C(=O)CO2. The number of nitrogens with zero attached hydrogens (tertiary/aromatic N) is 3. The molecule has 9 nitrogen and oxygen atoms in total. The van der Waals surface area contributed by atoms with Gasteiger partial charge in [-0.05, 0) is 49.4 Å². The summed E-state index contributed by atoms with van der Waals surface area (Å²) in [4.78, 5) is 37.3. The van der Waals surface area contributed by atoms with E-state index in [0.717, 1.165) is 26.8 Å². The van der Waals surface area contributed by atoms with E-state index in [9.17, 15) is 9.59 Å². The third-order valence-corrected chi connectivity index (χ3v) is 6.81. The Bertz CT molecular complexity index is 1490. The number of aryl methyl sites for hydroxylation is 1. The molecule has 4 aromatic rings. The number of amides is 2. The zero-order chi connectivity index (χ0) is 24.6. The standard InChI is InChI=1S/C26H20N4O5S/c1-15-25(29-26(36-15)18-4-2-3-9-27-18)16-5-7-20-19(10-16)30(24(32)13-33-20)12-23(31)28-17-6-8-21-22(11-17)35-14-34-21/h2-11H,12-14H2,1H3,(H,28,31). The van der Waals surface area contributed by atoms with Gasteiger partial charge >= 0.3 is 0 Å². The minimum absolute atomic E-state index is 0.136. The molecule has 0 aliphatic carbocycles. The van der Waals surface area contributed by atoms with Gasteiger partial charge in [0.05, 0.1) is 17.1 Å². The van der Waals surface area contributed by atoms with Crippen LogP contribution in [0.15, 0.2) is 60.8 Å². The second-order valence-electron chi connectivity index (χ2n) is 8.21. The maximum absolute atomic E-state index is 12.9. The van der Waals surface area contributed by atoms with Crippen LogP contribution in [0.1, 0.15) is 4.88 Å². The number of rotatable bonds is 5. The summed E-state index contributed by atoms with van der Waals surface area (Å²) in [6.07, 6.45) is 1.74. The molecule has 36 heavy (non-hydrogen) atoms. The number of ether oxygens (including phenoxy) is 3. The molecule has 0 saturated heterocycles. The fourth-order valence-electron chi connectivity index (χ4n) is 4.10. The number of benzene rings is 2. The zero-order valence-electron chi connectivity index (χ0n) is 19.2. The molecule has 0 fully saturated rings. The summed E-state index contributed by atoms with van der Waals surface area (Å²) in [5, 5.41) is 3.63. The zero-order valence-corrected chi connectivity index (χ0v) is 20.0. The average molecular weight is 501 g/mol. The Balaban J connectivity index is 1.26. The van der Waals surface area contributed by atoms with Crippen molar-refractivity contribution in [3.05, 3.63) is 65.7 Å². The highest BCUT2D eigenvalue weighted by atomic mass is 32.1. The van der Waals surface area contributed by atoms with Gasteiger partial charge in [-0.2, -0.15) is 0 Å². The van der Waals surface area contributed by atoms with Crippen LogP contribution in [0.5, 0.6) is 17.2 Å². The van der Waals surface area contributed by atoms with Crippen LogP contribution in [-0.4, -0.2) is 41.7 Å². The molecular formula is C26H20N4O5S. The molecule has 2 aliphatic heterocycles. The van der Waals surface area contributed by atoms with Crippen molar-refractivity contribution in [3.8, 4) is 39.2 Å². The van der Waals surface area contributed by atoms with Gasteiger partial charge in [0.1, 0.15) is 17.3 Å². The second kappa shape index (κ2) is 8.97. The molecule has 10 heteroatoms. The highest BCUT2D eigenvalue weighted by Crippen LogP contribution is 2.39. The Hall–Kier alpha value is -4.44. The van der Waals surface area contributed by atoms with Crippen LogP contribution in [-0.2, 0) is 9.59 Å². The van der Waals surface area contributed by atoms with Crippen molar-refractivity contribution in [2.45, 2.75) is 6.92 Å². The number of aromatic nitrogens is 2. The number of thiazole rings is 1. The van der Waals surface area contributed by atoms with Gasteiger partial charge in [-0.15, -0.1) is 11.3 Å². The van der Waals surface area contributed by atoms with Crippen molar-refractivity contribution >= 4 is 34.5 Å². The van der Waals surface area contributed by atoms with E-state index in [1.54, 1.807) is 41.8 Å². The summed E-state index contributed by atoms with van der Waals surface area (Å²) in [5.41, 5.74) is 3.50. The van der Waals surface area contributed by atoms with Gasteiger partial charge in [-0.25, -0.2) is 4.98 Å². The van der Waals surface area contributed by atoms with E-state index in [0.29, 0.717) is 28.6 Å². The lowest BCUT2D eigenvalue weighted by atomic mass is 10.1. The lowest BCUT2D eigenvalue weighted by Gasteiger charge is -2.29. The minimum atomic E-state index is -0.345. The van der Waals surface area contributed by atoms with Crippen molar-refractivity contribution in [2.75, 3.05) is 30.2 Å². The van der Waals surface area contributed by atoms with Crippen LogP contribution in [0.25, 0.3) is 22.0 Å². The van der Waals surface area contributed by atoms with E-state index in [2.05, 4.69) is 10.3 Å². The lowest BCUT2D eigenvalue weighted by Crippen LogP contribution is -2.43. The first-order valence-electron chi connectivity index (χ1n) is 11.2. The number of carbonyl (C=O) groups is 2. The second-order valence-corrected chi connectivity index (χ2v) is 9.41. The van der Waals surface area contributed by atoms with Gasteiger partial charge in [0, 0.05) is 28.4 Å². The van der Waals surface area contributed by atoms with Gasteiger partial charge in [0.25, 0.3) is 5.91 Å². The van der Waals surface area contributed by atoms with Crippen LogP contribution >= 0.6 is 11.3 Å². The molecular weight excluding hydrogens is 480 g/mol. The number of anilines is 2.